The molecule has 218 valence electrons. The average molecular weight is 591 g/mol. The Morgan fingerprint density at radius 3 is 1.91 bits per heavy atom. The number of hydrogen-bond donors (Lipinski definition) is 0. The second kappa shape index (κ2) is 9.35. The van der Waals surface area contributed by atoms with Crippen molar-refractivity contribution in [2.45, 2.75) is 18.9 Å². The molecule has 10 rings (SSSR count). The van der Waals surface area contributed by atoms with Crippen LogP contribution in [0.1, 0.15) is 24.7 Å². The normalized spacial score (nSPS) is 16.3. The number of fused-ring (bicyclic) bond motifs is 9. The van der Waals surface area contributed by atoms with Crippen molar-refractivity contribution >= 4 is 60.7 Å². The molecule has 0 bridgehead atoms. The molecule has 1 atom stereocenters. The molecule has 0 aliphatic heterocycles. The van der Waals surface area contributed by atoms with E-state index in [1.165, 1.54) is 60.3 Å². The standard InChI is InChI=1S/C43H30N2O/c1-43(45-39-19-9-6-14-31(39)32-15-7-10-20-40(32)45)25-11-17-34-36-27-30(22-24-41(36)46-42(34)43)44-37-18-8-5-16-33(37)35-26-29(21-23-38(35)44)28-12-3-2-4-13-28/h2-24,26-27H,25H2,1H3. The zero-order valence-corrected chi connectivity index (χ0v) is 25.4. The minimum Gasteiger partial charge on any atom is -0.458 e. The maximum Gasteiger partial charge on any atom is 0.138 e. The summed E-state index contributed by atoms with van der Waals surface area (Å²) in [5, 5.41) is 6.20. The van der Waals surface area contributed by atoms with Gasteiger partial charge >= 0.3 is 0 Å². The highest BCUT2D eigenvalue weighted by molar-refractivity contribution is 6.11. The van der Waals surface area contributed by atoms with E-state index >= 15 is 0 Å². The van der Waals surface area contributed by atoms with Gasteiger partial charge in [0.25, 0.3) is 0 Å². The van der Waals surface area contributed by atoms with Gasteiger partial charge in [0.1, 0.15) is 16.9 Å². The molecule has 1 aliphatic rings. The number of hydrogen-bond acceptors (Lipinski definition) is 1. The van der Waals surface area contributed by atoms with Crippen LogP contribution in [0.25, 0.3) is 77.5 Å². The van der Waals surface area contributed by atoms with Gasteiger partial charge in [-0.2, -0.15) is 0 Å². The quantitative estimate of drug-likeness (QED) is 0.201. The summed E-state index contributed by atoms with van der Waals surface area (Å²) in [6.45, 7) is 2.33. The van der Waals surface area contributed by atoms with Gasteiger partial charge in [0.2, 0.25) is 0 Å². The highest BCUT2D eigenvalue weighted by Gasteiger charge is 2.38. The van der Waals surface area contributed by atoms with Crippen LogP contribution in [0.3, 0.4) is 0 Å². The molecule has 0 N–H and O–H groups in total. The third-order valence-corrected chi connectivity index (χ3v) is 10.1. The first-order chi connectivity index (χ1) is 22.7. The molecule has 1 aliphatic carbocycles. The van der Waals surface area contributed by atoms with E-state index in [-0.39, 0.29) is 5.54 Å². The number of allylic oxidation sites excluding steroid dienone is 1. The second-order valence-corrected chi connectivity index (χ2v) is 12.7. The van der Waals surface area contributed by atoms with Crippen molar-refractivity contribution in [1.29, 1.82) is 0 Å². The van der Waals surface area contributed by atoms with Crippen LogP contribution in [-0.4, -0.2) is 9.13 Å². The topological polar surface area (TPSA) is 23.0 Å². The lowest BCUT2D eigenvalue weighted by atomic mass is 9.85. The van der Waals surface area contributed by atoms with Crippen molar-refractivity contribution in [3.63, 3.8) is 0 Å². The number of benzene rings is 6. The van der Waals surface area contributed by atoms with Gasteiger partial charge in [0.05, 0.1) is 22.1 Å². The van der Waals surface area contributed by atoms with E-state index in [4.69, 9.17) is 4.42 Å². The van der Waals surface area contributed by atoms with E-state index in [0.29, 0.717) is 0 Å². The maximum atomic E-state index is 6.86. The molecule has 0 radical (unpaired) electrons. The van der Waals surface area contributed by atoms with Crippen molar-refractivity contribution in [2.75, 3.05) is 0 Å². The lowest BCUT2D eigenvalue weighted by Crippen LogP contribution is -2.32. The summed E-state index contributed by atoms with van der Waals surface area (Å²) in [7, 11) is 0. The Hall–Kier alpha value is -5.80. The molecule has 0 fully saturated rings. The molecule has 3 aromatic heterocycles. The van der Waals surface area contributed by atoms with Crippen LogP contribution in [-0.2, 0) is 5.54 Å². The van der Waals surface area contributed by atoms with Crippen LogP contribution in [0.2, 0.25) is 0 Å². The Morgan fingerprint density at radius 1 is 0.543 bits per heavy atom. The van der Waals surface area contributed by atoms with Crippen molar-refractivity contribution in [1.82, 2.24) is 9.13 Å². The molecule has 0 saturated heterocycles. The molecule has 9 aromatic rings. The van der Waals surface area contributed by atoms with Crippen molar-refractivity contribution < 1.29 is 4.42 Å². The summed E-state index contributed by atoms with van der Waals surface area (Å²) in [5.41, 5.74) is 10.1. The van der Waals surface area contributed by atoms with Gasteiger partial charge in [-0.25, -0.2) is 0 Å². The molecular formula is C43H30N2O. The summed E-state index contributed by atoms with van der Waals surface area (Å²) < 4.78 is 11.8. The zero-order valence-electron chi connectivity index (χ0n) is 25.4. The fraction of sp³-hybridized carbons (Fsp3) is 0.0698. The molecule has 3 heteroatoms. The van der Waals surface area contributed by atoms with E-state index in [9.17, 15) is 0 Å². The van der Waals surface area contributed by atoms with E-state index in [0.717, 1.165) is 28.8 Å². The van der Waals surface area contributed by atoms with E-state index in [1.54, 1.807) is 0 Å². The average Bonchev–Trinajstić information content (AvgIpc) is 3.77. The zero-order chi connectivity index (χ0) is 30.4. The van der Waals surface area contributed by atoms with Gasteiger partial charge in [-0.3, -0.25) is 0 Å². The third kappa shape index (κ3) is 3.43. The highest BCUT2D eigenvalue weighted by Crippen LogP contribution is 2.47. The molecule has 6 aromatic carbocycles. The van der Waals surface area contributed by atoms with Crippen LogP contribution in [0.5, 0.6) is 0 Å². The molecule has 0 saturated carbocycles. The third-order valence-electron chi connectivity index (χ3n) is 10.1. The Bertz CT molecular complexity index is 2630. The summed E-state index contributed by atoms with van der Waals surface area (Å²) in [6, 6.07) is 50.4. The Kier molecular flexibility index (Phi) is 5.19. The SMILES string of the molecule is CC1(n2c3ccccc3c3ccccc32)CC=Cc2c1oc1ccc(-n3c4ccccc4c4cc(-c5ccccc5)ccc43)cc21. The van der Waals surface area contributed by atoms with Gasteiger partial charge in [-0.15, -0.1) is 0 Å². The van der Waals surface area contributed by atoms with Crippen molar-refractivity contribution in [2.24, 2.45) is 0 Å². The summed E-state index contributed by atoms with van der Waals surface area (Å²) >= 11 is 0. The molecule has 0 spiro atoms. The smallest absolute Gasteiger partial charge is 0.138 e. The summed E-state index contributed by atoms with van der Waals surface area (Å²) in [6.07, 6.45) is 5.43. The van der Waals surface area contributed by atoms with Crippen LogP contribution in [0.4, 0.5) is 0 Å². The van der Waals surface area contributed by atoms with Gasteiger partial charge in [-0.05, 0) is 73.0 Å². The first-order valence-electron chi connectivity index (χ1n) is 16.0. The summed E-state index contributed by atoms with van der Waals surface area (Å²) in [5.74, 6) is 1.02. The van der Waals surface area contributed by atoms with Crippen LogP contribution in [0, 0.1) is 0 Å². The van der Waals surface area contributed by atoms with Crippen LogP contribution < -0.4 is 0 Å². The number of furan rings is 1. The number of rotatable bonds is 3. The van der Waals surface area contributed by atoms with Crippen LogP contribution >= 0.6 is 0 Å². The molecular weight excluding hydrogens is 560 g/mol. The number of nitrogens with zero attached hydrogens (tertiary/aromatic N) is 2. The fourth-order valence-electron chi connectivity index (χ4n) is 8.02. The van der Waals surface area contributed by atoms with Crippen molar-refractivity contribution in [3.05, 3.63) is 157 Å². The van der Waals surface area contributed by atoms with Crippen molar-refractivity contribution in [3.8, 4) is 16.8 Å². The minimum absolute atomic E-state index is 0.382. The first-order valence-corrected chi connectivity index (χ1v) is 16.0. The van der Waals surface area contributed by atoms with E-state index in [2.05, 4.69) is 168 Å². The highest BCUT2D eigenvalue weighted by atomic mass is 16.3. The van der Waals surface area contributed by atoms with Crippen LogP contribution in [0.15, 0.2) is 150 Å². The maximum absolute atomic E-state index is 6.86. The van der Waals surface area contributed by atoms with Gasteiger partial charge in [0, 0.05) is 38.2 Å². The monoisotopic (exact) mass is 590 g/mol. The molecule has 46 heavy (non-hydrogen) atoms. The van der Waals surface area contributed by atoms with E-state index < -0.39 is 0 Å². The number of aromatic nitrogens is 2. The van der Waals surface area contributed by atoms with Gasteiger partial charge < -0.3 is 13.6 Å². The predicted octanol–water partition coefficient (Wildman–Crippen LogP) is 11.5. The lowest BCUT2D eigenvalue weighted by Gasteiger charge is -2.33. The molecule has 3 nitrogen and oxygen atoms in total. The Balaban J connectivity index is 1.19. The van der Waals surface area contributed by atoms with Gasteiger partial charge in [-0.1, -0.05) is 103 Å². The molecule has 1 unspecified atom stereocenters. The Morgan fingerprint density at radius 2 is 1.17 bits per heavy atom. The first kappa shape index (κ1) is 25.5. The lowest BCUT2D eigenvalue weighted by molar-refractivity contribution is 0.334. The summed E-state index contributed by atoms with van der Waals surface area (Å²) in [4.78, 5) is 0. The van der Waals surface area contributed by atoms with E-state index in [1.807, 2.05) is 0 Å². The fourth-order valence-corrected chi connectivity index (χ4v) is 8.02. The largest absolute Gasteiger partial charge is 0.458 e. The predicted molar refractivity (Wildman–Crippen MR) is 192 cm³/mol. The second-order valence-electron chi connectivity index (χ2n) is 12.7. The minimum atomic E-state index is -0.382. The molecule has 0 amide bonds. The molecule has 3 heterocycles. The number of para-hydroxylation sites is 3. The Labute approximate surface area is 266 Å². The van der Waals surface area contributed by atoms with Gasteiger partial charge in [0.15, 0.2) is 0 Å².